The van der Waals surface area contributed by atoms with Crippen LogP contribution in [0.4, 0.5) is 5.69 Å². The molecule has 1 saturated heterocycles. The Morgan fingerprint density at radius 2 is 1.85 bits per heavy atom. The van der Waals surface area contributed by atoms with Crippen molar-refractivity contribution in [3.05, 3.63) is 59.7 Å². The molecule has 7 nitrogen and oxygen atoms in total. The van der Waals surface area contributed by atoms with Crippen LogP contribution in [0.1, 0.15) is 36.2 Å². The molecular formula is C26H33N3O4. The fraction of sp³-hybridized carbons (Fsp3) is 0.462. The lowest BCUT2D eigenvalue weighted by Gasteiger charge is -2.31. The predicted octanol–water partition coefficient (Wildman–Crippen LogP) is 3.41. The van der Waals surface area contributed by atoms with E-state index in [0.717, 1.165) is 50.6 Å². The number of carbonyl (C=O) groups excluding carboxylic acids is 2. The number of hydrogen-bond acceptors (Lipinski definition) is 5. The van der Waals surface area contributed by atoms with Gasteiger partial charge in [-0.05, 0) is 41.8 Å². The van der Waals surface area contributed by atoms with E-state index in [1.165, 1.54) is 0 Å². The number of ether oxygens (including phenoxy) is 2. The van der Waals surface area contributed by atoms with E-state index in [9.17, 15) is 9.59 Å². The molecule has 2 aromatic carbocycles. The molecule has 2 aromatic rings. The summed E-state index contributed by atoms with van der Waals surface area (Å²) in [5.74, 6) is 0.567. The number of nitrogens with one attached hydrogen (secondary N) is 1. The highest BCUT2D eigenvalue weighted by Crippen LogP contribution is 2.29. The van der Waals surface area contributed by atoms with Gasteiger partial charge in [-0.1, -0.05) is 38.5 Å². The lowest BCUT2D eigenvalue weighted by Crippen LogP contribution is -2.48. The van der Waals surface area contributed by atoms with Gasteiger partial charge in [-0.3, -0.25) is 14.5 Å². The molecule has 0 radical (unpaired) electrons. The van der Waals surface area contributed by atoms with Crippen molar-refractivity contribution in [1.29, 1.82) is 0 Å². The molecular weight excluding hydrogens is 418 g/mol. The molecule has 2 amide bonds. The molecule has 176 valence electrons. The van der Waals surface area contributed by atoms with E-state index in [0.29, 0.717) is 24.4 Å². The van der Waals surface area contributed by atoms with Crippen LogP contribution in [0.5, 0.6) is 5.75 Å². The average molecular weight is 452 g/mol. The van der Waals surface area contributed by atoms with Crippen LogP contribution in [-0.4, -0.2) is 67.1 Å². The Kier molecular flexibility index (Phi) is 7.62. The summed E-state index contributed by atoms with van der Waals surface area (Å²) in [5, 5.41) is 3.01. The van der Waals surface area contributed by atoms with E-state index in [4.69, 9.17) is 9.47 Å². The number of amides is 2. The lowest BCUT2D eigenvalue weighted by atomic mass is 9.96. The molecule has 7 heteroatoms. The third kappa shape index (κ3) is 5.54. The van der Waals surface area contributed by atoms with Crippen LogP contribution in [0.3, 0.4) is 0 Å². The van der Waals surface area contributed by atoms with Gasteiger partial charge in [0, 0.05) is 37.4 Å². The van der Waals surface area contributed by atoms with Crippen molar-refractivity contribution in [3.63, 3.8) is 0 Å². The molecule has 0 aliphatic carbocycles. The van der Waals surface area contributed by atoms with Gasteiger partial charge in [-0.2, -0.15) is 0 Å². The number of morpholine rings is 1. The van der Waals surface area contributed by atoms with Crippen molar-refractivity contribution < 1.29 is 19.1 Å². The minimum atomic E-state index is -0.528. The molecule has 4 rings (SSSR count). The molecule has 0 saturated carbocycles. The van der Waals surface area contributed by atoms with Gasteiger partial charge >= 0.3 is 0 Å². The van der Waals surface area contributed by atoms with Gasteiger partial charge in [-0.15, -0.1) is 0 Å². The van der Waals surface area contributed by atoms with Gasteiger partial charge in [0.05, 0.1) is 13.2 Å². The van der Waals surface area contributed by atoms with Gasteiger partial charge in [0.15, 0.2) is 0 Å². The third-order valence-electron chi connectivity index (χ3n) is 6.54. The Bertz CT molecular complexity index is 956. The van der Waals surface area contributed by atoms with Crippen molar-refractivity contribution in [2.45, 2.75) is 32.9 Å². The zero-order valence-electron chi connectivity index (χ0n) is 19.5. The van der Waals surface area contributed by atoms with E-state index >= 15 is 0 Å². The highest BCUT2D eigenvalue weighted by atomic mass is 16.5. The van der Waals surface area contributed by atoms with Gasteiger partial charge in [0.2, 0.25) is 5.91 Å². The quantitative estimate of drug-likeness (QED) is 0.633. The van der Waals surface area contributed by atoms with Crippen LogP contribution >= 0.6 is 0 Å². The standard InChI is InChI=1S/C26H33N3O4/c1-3-19(2)24(29-18-20-6-4-5-7-23(20)26(29)31)25(30)27-21-8-10-22(11-9-21)33-17-14-28-12-15-32-16-13-28/h4-11,19,24H,3,12-18H2,1-2H3,(H,27,30)/t19-,24-/m1/s1. The van der Waals surface area contributed by atoms with Crippen LogP contribution in [0.25, 0.3) is 0 Å². The molecule has 2 aliphatic rings. The molecule has 1 fully saturated rings. The zero-order valence-corrected chi connectivity index (χ0v) is 19.5. The SMILES string of the molecule is CC[C@@H](C)[C@H](C(=O)Nc1ccc(OCCN2CCOCC2)cc1)N1Cc2ccccc2C1=O. The van der Waals surface area contributed by atoms with Crippen molar-refractivity contribution in [2.24, 2.45) is 5.92 Å². The molecule has 2 heterocycles. The number of benzene rings is 2. The van der Waals surface area contributed by atoms with Crippen LogP contribution < -0.4 is 10.1 Å². The lowest BCUT2D eigenvalue weighted by molar-refractivity contribution is -0.122. The van der Waals surface area contributed by atoms with Crippen LogP contribution in [0.15, 0.2) is 48.5 Å². The van der Waals surface area contributed by atoms with Crippen LogP contribution in [0.2, 0.25) is 0 Å². The first-order valence-electron chi connectivity index (χ1n) is 11.8. The number of carbonyl (C=O) groups is 2. The number of fused-ring (bicyclic) bond motifs is 1. The normalized spacial score (nSPS) is 18.0. The fourth-order valence-corrected chi connectivity index (χ4v) is 4.40. The van der Waals surface area contributed by atoms with Gasteiger partial charge in [-0.25, -0.2) is 0 Å². The molecule has 0 spiro atoms. The number of hydrogen-bond donors (Lipinski definition) is 1. The van der Waals surface area contributed by atoms with E-state index in [1.807, 2.05) is 62.4 Å². The molecule has 1 N–H and O–H groups in total. The Balaban J connectivity index is 1.35. The maximum absolute atomic E-state index is 13.3. The summed E-state index contributed by atoms with van der Waals surface area (Å²) in [7, 11) is 0. The molecule has 2 aliphatic heterocycles. The first-order chi connectivity index (χ1) is 16.1. The van der Waals surface area contributed by atoms with Crippen molar-refractivity contribution in [3.8, 4) is 5.75 Å². The summed E-state index contributed by atoms with van der Waals surface area (Å²) in [4.78, 5) is 30.3. The first-order valence-corrected chi connectivity index (χ1v) is 11.8. The Labute approximate surface area is 195 Å². The van der Waals surface area contributed by atoms with Gasteiger partial charge in [0.25, 0.3) is 5.91 Å². The highest BCUT2D eigenvalue weighted by Gasteiger charge is 2.38. The second-order valence-electron chi connectivity index (χ2n) is 8.74. The minimum absolute atomic E-state index is 0.0334. The van der Waals surface area contributed by atoms with E-state index in [-0.39, 0.29) is 17.7 Å². The second kappa shape index (κ2) is 10.8. The largest absolute Gasteiger partial charge is 0.492 e. The summed E-state index contributed by atoms with van der Waals surface area (Å²) in [5.41, 5.74) is 2.36. The Hall–Kier alpha value is -2.90. The van der Waals surface area contributed by atoms with E-state index < -0.39 is 6.04 Å². The highest BCUT2D eigenvalue weighted by molar-refractivity contribution is 6.03. The van der Waals surface area contributed by atoms with E-state index in [1.54, 1.807) is 4.90 Å². The number of rotatable bonds is 9. The monoisotopic (exact) mass is 451 g/mol. The molecule has 0 bridgehead atoms. The third-order valence-corrected chi connectivity index (χ3v) is 6.54. The number of anilines is 1. The minimum Gasteiger partial charge on any atom is -0.492 e. The van der Waals surface area contributed by atoms with Gasteiger partial charge < -0.3 is 19.7 Å². The molecule has 33 heavy (non-hydrogen) atoms. The van der Waals surface area contributed by atoms with Crippen molar-refractivity contribution in [1.82, 2.24) is 9.80 Å². The fourth-order valence-electron chi connectivity index (χ4n) is 4.40. The Morgan fingerprint density at radius 1 is 1.12 bits per heavy atom. The zero-order chi connectivity index (χ0) is 23.2. The maximum atomic E-state index is 13.3. The first kappa shape index (κ1) is 23.3. The smallest absolute Gasteiger partial charge is 0.255 e. The number of nitrogens with zero attached hydrogens (tertiary/aromatic N) is 2. The maximum Gasteiger partial charge on any atom is 0.255 e. The summed E-state index contributed by atoms with van der Waals surface area (Å²) < 4.78 is 11.2. The van der Waals surface area contributed by atoms with Crippen LogP contribution in [0, 0.1) is 5.92 Å². The van der Waals surface area contributed by atoms with Crippen molar-refractivity contribution >= 4 is 17.5 Å². The van der Waals surface area contributed by atoms with Crippen LogP contribution in [-0.2, 0) is 16.1 Å². The summed E-state index contributed by atoms with van der Waals surface area (Å²) in [6.45, 7) is 9.44. The molecule has 2 atom stereocenters. The topological polar surface area (TPSA) is 71.1 Å². The van der Waals surface area contributed by atoms with E-state index in [2.05, 4.69) is 10.2 Å². The van der Waals surface area contributed by atoms with Gasteiger partial charge in [0.1, 0.15) is 18.4 Å². The summed E-state index contributed by atoms with van der Waals surface area (Å²) >= 11 is 0. The predicted molar refractivity (Wildman–Crippen MR) is 127 cm³/mol. The summed E-state index contributed by atoms with van der Waals surface area (Å²) in [6.07, 6.45) is 0.800. The van der Waals surface area contributed by atoms with Crippen molar-refractivity contribution in [2.75, 3.05) is 44.8 Å². The Morgan fingerprint density at radius 3 is 2.55 bits per heavy atom. The molecule has 0 unspecified atom stereocenters. The molecule has 0 aromatic heterocycles. The second-order valence-corrected chi connectivity index (χ2v) is 8.74. The average Bonchev–Trinajstić information content (AvgIpc) is 3.17. The summed E-state index contributed by atoms with van der Waals surface area (Å²) in [6, 6.07) is 14.5.